The van der Waals surface area contributed by atoms with E-state index in [0.29, 0.717) is 6.54 Å². The van der Waals surface area contributed by atoms with Gasteiger partial charge in [0.15, 0.2) is 9.84 Å². The molecule has 3 atom stereocenters. The number of hydrogen-bond donors (Lipinski definition) is 2. The molecule has 0 aromatic carbocycles. The maximum atomic E-state index is 12.0. The smallest absolute Gasteiger partial charge is 0.153 e. The molecule has 0 radical (unpaired) electrons. The molecule has 2 fully saturated rings. The second-order valence-corrected chi connectivity index (χ2v) is 8.53. The molecule has 1 aromatic heterocycles. The number of aromatic nitrogens is 1. The van der Waals surface area contributed by atoms with Crippen LogP contribution >= 0.6 is 0 Å². The van der Waals surface area contributed by atoms with E-state index in [1.807, 2.05) is 24.5 Å². The molecule has 0 bridgehead atoms. The molecular weight excluding hydrogens is 300 g/mol. The molecule has 3 rings (SSSR count). The fraction of sp³-hybridized carbons (Fsp3) is 0.667. The molecule has 3 heterocycles. The normalized spacial score (nSPS) is 30.0. The largest absolute Gasteiger partial charge is 0.298 e. The van der Waals surface area contributed by atoms with E-state index < -0.39 is 9.84 Å². The van der Waals surface area contributed by atoms with Crippen molar-refractivity contribution in [3.05, 3.63) is 30.1 Å². The third kappa shape index (κ3) is 3.48. The Bertz CT molecular complexity index is 593. The summed E-state index contributed by atoms with van der Waals surface area (Å²) in [5, 5.41) is -0.334. The number of pyridine rings is 1. The van der Waals surface area contributed by atoms with Crippen molar-refractivity contribution in [1.82, 2.24) is 20.7 Å². The first-order valence-corrected chi connectivity index (χ1v) is 9.81. The van der Waals surface area contributed by atoms with Crippen molar-refractivity contribution in [1.29, 1.82) is 0 Å². The van der Waals surface area contributed by atoms with E-state index in [-0.39, 0.29) is 17.3 Å². The van der Waals surface area contributed by atoms with Crippen molar-refractivity contribution < 1.29 is 8.42 Å². The zero-order valence-electron chi connectivity index (χ0n) is 12.9. The Morgan fingerprint density at radius 3 is 2.86 bits per heavy atom. The van der Waals surface area contributed by atoms with Crippen molar-refractivity contribution >= 4 is 9.84 Å². The summed E-state index contributed by atoms with van der Waals surface area (Å²) in [5.74, 6) is 0. The highest BCUT2D eigenvalue weighted by atomic mass is 32.2. The maximum Gasteiger partial charge on any atom is 0.153 e. The summed E-state index contributed by atoms with van der Waals surface area (Å²) in [6, 6.07) is 4.35. The van der Waals surface area contributed by atoms with Crippen LogP contribution in [0, 0.1) is 0 Å². The molecule has 1 aromatic rings. The van der Waals surface area contributed by atoms with Crippen LogP contribution in [0.4, 0.5) is 0 Å². The van der Waals surface area contributed by atoms with Gasteiger partial charge in [0.25, 0.3) is 0 Å². The molecule has 7 heteroatoms. The summed E-state index contributed by atoms with van der Waals surface area (Å²) < 4.78 is 24.0. The highest BCUT2D eigenvalue weighted by Crippen LogP contribution is 2.25. The number of likely N-dealkylation sites (tertiary alicyclic amines) is 1. The average molecular weight is 324 g/mol. The Morgan fingerprint density at radius 1 is 1.36 bits per heavy atom. The van der Waals surface area contributed by atoms with Crippen LogP contribution in [0.3, 0.4) is 0 Å². The van der Waals surface area contributed by atoms with Gasteiger partial charge in [0.2, 0.25) is 0 Å². The van der Waals surface area contributed by atoms with Crippen molar-refractivity contribution in [3.8, 4) is 0 Å². The minimum atomic E-state index is -3.04. The predicted molar refractivity (Wildman–Crippen MR) is 86.1 cm³/mol. The third-order valence-corrected chi connectivity index (χ3v) is 6.35. The fourth-order valence-electron chi connectivity index (χ4n) is 3.62. The summed E-state index contributed by atoms with van der Waals surface area (Å²) in [7, 11) is -3.04. The molecule has 0 saturated carbocycles. The number of nitrogens with one attached hydrogen (secondary N) is 2. The van der Waals surface area contributed by atoms with Gasteiger partial charge in [0.1, 0.15) is 0 Å². The summed E-state index contributed by atoms with van der Waals surface area (Å²) in [4.78, 5) is 6.48. The molecule has 22 heavy (non-hydrogen) atoms. The van der Waals surface area contributed by atoms with E-state index in [0.717, 1.165) is 32.4 Å². The van der Waals surface area contributed by atoms with Crippen LogP contribution in [0.5, 0.6) is 0 Å². The molecule has 2 saturated heterocycles. The van der Waals surface area contributed by atoms with E-state index in [9.17, 15) is 8.42 Å². The van der Waals surface area contributed by atoms with Gasteiger partial charge in [-0.1, -0.05) is 0 Å². The van der Waals surface area contributed by atoms with Gasteiger partial charge in [-0.15, -0.1) is 0 Å². The molecule has 2 aliphatic heterocycles. The van der Waals surface area contributed by atoms with Gasteiger partial charge < -0.3 is 0 Å². The monoisotopic (exact) mass is 324 g/mol. The molecule has 6 nitrogen and oxygen atoms in total. The Hall–Kier alpha value is -1.02. The van der Waals surface area contributed by atoms with E-state index in [2.05, 4.69) is 20.7 Å². The first-order valence-electron chi connectivity index (χ1n) is 7.86. The molecule has 0 amide bonds. The van der Waals surface area contributed by atoms with Gasteiger partial charge in [0, 0.05) is 37.8 Å². The molecule has 2 aliphatic rings. The lowest BCUT2D eigenvalue weighted by molar-refractivity contribution is 0.214. The van der Waals surface area contributed by atoms with Crippen LogP contribution in [0.25, 0.3) is 0 Å². The van der Waals surface area contributed by atoms with E-state index in [4.69, 9.17) is 0 Å². The van der Waals surface area contributed by atoms with Crippen LogP contribution in [0.15, 0.2) is 24.5 Å². The van der Waals surface area contributed by atoms with Crippen LogP contribution in [-0.4, -0.2) is 61.5 Å². The molecule has 0 aliphatic carbocycles. The lowest BCUT2D eigenvalue weighted by Gasteiger charge is -2.31. The quantitative estimate of drug-likeness (QED) is 0.793. The zero-order valence-corrected chi connectivity index (χ0v) is 13.7. The van der Waals surface area contributed by atoms with Gasteiger partial charge in [0.05, 0.1) is 11.3 Å². The summed E-state index contributed by atoms with van der Waals surface area (Å²) in [5.41, 5.74) is 7.51. The number of nitrogens with zero attached hydrogens (tertiary/aromatic N) is 2. The fourth-order valence-corrected chi connectivity index (χ4v) is 4.79. The van der Waals surface area contributed by atoms with E-state index >= 15 is 0 Å². The Labute approximate surface area is 132 Å². The van der Waals surface area contributed by atoms with Crippen molar-refractivity contribution in [2.24, 2.45) is 0 Å². The number of sulfone groups is 1. The minimum absolute atomic E-state index is 0.0186. The average Bonchev–Trinajstić information content (AvgIpc) is 3.14. The van der Waals surface area contributed by atoms with Crippen molar-refractivity contribution in [2.75, 3.05) is 25.9 Å². The van der Waals surface area contributed by atoms with Crippen LogP contribution in [0.2, 0.25) is 0 Å². The highest BCUT2D eigenvalue weighted by Gasteiger charge is 2.43. The van der Waals surface area contributed by atoms with Gasteiger partial charge in [-0.2, -0.15) is 0 Å². The van der Waals surface area contributed by atoms with Crippen molar-refractivity contribution in [2.45, 2.75) is 36.6 Å². The number of hydrazine groups is 1. The predicted octanol–water partition coefficient (Wildman–Crippen LogP) is -0.0219. The second-order valence-electron chi connectivity index (χ2n) is 6.27. The summed E-state index contributed by atoms with van der Waals surface area (Å²) in [6.07, 6.45) is 8.15. The summed E-state index contributed by atoms with van der Waals surface area (Å²) >= 11 is 0. The lowest BCUT2D eigenvalue weighted by Crippen LogP contribution is -2.52. The SMILES string of the molecule is CS(=O)(=O)C1CNNC1C1CCCN1CCc1ccncc1. The molecule has 122 valence electrons. The maximum absolute atomic E-state index is 12.0. The number of hydrogen-bond acceptors (Lipinski definition) is 6. The lowest BCUT2D eigenvalue weighted by atomic mass is 10.0. The minimum Gasteiger partial charge on any atom is -0.298 e. The first-order chi connectivity index (χ1) is 10.6. The Kier molecular flexibility index (Phi) is 4.77. The second kappa shape index (κ2) is 6.62. The van der Waals surface area contributed by atoms with Crippen molar-refractivity contribution in [3.63, 3.8) is 0 Å². The van der Waals surface area contributed by atoms with Crippen LogP contribution in [-0.2, 0) is 16.3 Å². The van der Waals surface area contributed by atoms with E-state index in [1.165, 1.54) is 11.8 Å². The summed E-state index contributed by atoms with van der Waals surface area (Å²) in [6.45, 7) is 2.51. The van der Waals surface area contributed by atoms with Gasteiger partial charge in [-0.3, -0.25) is 20.7 Å². The Morgan fingerprint density at radius 2 is 2.14 bits per heavy atom. The van der Waals surface area contributed by atoms with Crippen LogP contribution in [0.1, 0.15) is 18.4 Å². The van der Waals surface area contributed by atoms with Gasteiger partial charge >= 0.3 is 0 Å². The standard InChI is InChI=1S/C15H24N4O2S/c1-22(20,21)14-11-17-18-15(14)13-3-2-9-19(13)10-6-12-4-7-16-8-5-12/h4-5,7-8,13-15,17-18H,2-3,6,9-11H2,1H3. The number of rotatable bonds is 5. The molecular formula is C15H24N4O2S. The Balaban J connectivity index is 1.65. The van der Waals surface area contributed by atoms with Gasteiger partial charge in [-0.25, -0.2) is 8.42 Å². The first kappa shape index (κ1) is 15.9. The van der Waals surface area contributed by atoms with Crippen LogP contribution < -0.4 is 10.9 Å². The van der Waals surface area contributed by atoms with E-state index in [1.54, 1.807) is 0 Å². The zero-order chi connectivity index (χ0) is 15.6. The molecule has 3 unspecified atom stereocenters. The highest BCUT2D eigenvalue weighted by molar-refractivity contribution is 7.91. The van der Waals surface area contributed by atoms with Gasteiger partial charge in [-0.05, 0) is 43.5 Å². The molecule has 0 spiro atoms. The molecule has 2 N–H and O–H groups in total. The topological polar surface area (TPSA) is 74.3 Å². The third-order valence-electron chi connectivity index (χ3n) is 4.79.